The first kappa shape index (κ1) is 29.9. The summed E-state index contributed by atoms with van der Waals surface area (Å²) in [7, 11) is 3.88. The summed E-state index contributed by atoms with van der Waals surface area (Å²) in [6.45, 7) is 0. The molecule has 0 aliphatic carbocycles. The van der Waals surface area contributed by atoms with E-state index in [1.165, 1.54) is 36.7 Å². The number of hydrazone groups is 1. The van der Waals surface area contributed by atoms with Crippen molar-refractivity contribution in [2.75, 3.05) is 29.6 Å². The minimum absolute atomic E-state index is 0.0777. The van der Waals surface area contributed by atoms with E-state index in [2.05, 4.69) is 26.1 Å². The van der Waals surface area contributed by atoms with E-state index in [4.69, 9.17) is 16.3 Å². The average molecular weight is 597 g/mol. The SMILES string of the molecule is CN(C)c1ccc(/C=N/NC(=O)c2cc(Oc3ccc(NC(=O)Nc4ccc(Cl)c(C(F)(F)F)c4)cc3)ccn2)cc1. The molecule has 3 aromatic carbocycles. The molecule has 0 aliphatic heterocycles. The van der Waals surface area contributed by atoms with E-state index < -0.39 is 28.7 Å². The van der Waals surface area contributed by atoms with Crippen molar-refractivity contribution in [3.05, 3.63) is 107 Å². The number of amides is 3. The van der Waals surface area contributed by atoms with Gasteiger partial charge in [-0.15, -0.1) is 0 Å². The number of aromatic nitrogens is 1. The van der Waals surface area contributed by atoms with Gasteiger partial charge in [-0.25, -0.2) is 10.2 Å². The Balaban J connectivity index is 1.31. The second kappa shape index (κ2) is 13.0. The molecular formula is C29H24ClF3N6O3. The average Bonchev–Trinajstić information content (AvgIpc) is 2.95. The molecule has 0 bridgehead atoms. The van der Waals surface area contributed by atoms with E-state index in [0.717, 1.165) is 23.4 Å². The highest BCUT2D eigenvalue weighted by molar-refractivity contribution is 6.31. The van der Waals surface area contributed by atoms with Crippen LogP contribution in [0, 0.1) is 0 Å². The number of alkyl halides is 3. The smallest absolute Gasteiger partial charge is 0.417 e. The van der Waals surface area contributed by atoms with Crippen LogP contribution in [0.25, 0.3) is 0 Å². The van der Waals surface area contributed by atoms with Crippen molar-refractivity contribution in [2.45, 2.75) is 6.18 Å². The van der Waals surface area contributed by atoms with Gasteiger partial charge in [0, 0.05) is 43.4 Å². The summed E-state index contributed by atoms with van der Waals surface area (Å²) in [6.07, 6.45) is -1.73. The number of nitrogens with one attached hydrogen (secondary N) is 3. The third-order valence-electron chi connectivity index (χ3n) is 5.63. The first-order valence-electron chi connectivity index (χ1n) is 12.3. The van der Waals surface area contributed by atoms with Gasteiger partial charge in [-0.05, 0) is 66.2 Å². The van der Waals surface area contributed by atoms with Crippen LogP contribution < -0.4 is 25.7 Å². The normalized spacial score (nSPS) is 11.2. The number of carbonyl (C=O) groups is 2. The highest BCUT2D eigenvalue weighted by Gasteiger charge is 2.33. The lowest BCUT2D eigenvalue weighted by molar-refractivity contribution is -0.137. The molecule has 4 rings (SSSR count). The fourth-order valence-electron chi connectivity index (χ4n) is 3.54. The molecule has 0 aliphatic rings. The number of hydrogen-bond donors (Lipinski definition) is 3. The molecule has 9 nitrogen and oxygen atoms in total. The highest BCUT2D eigenvalue weighted by atomic mass is 35.5. The summed E-state index contributed by atoms with van der Waals surface area (Å²) in [5.74, 6) is 0.195. The zero-order chi connectivity index (χ0) is 30.3. The van der Waals surface area contributed by atoms with Gasteiger partial charge in [0.2, 0.25) is 0 Å². The van der Waals surface area contributed by atoms with E-state index in [0.29, 0.717) is 17.2 Å². The molecule has 3 N–H and O–H groups in total. The van der Waals surface area contributed by atoms with Crippen LogP contribution in [0.5, 0.6) is 11.5 Å². The Morgan fingerprint density at radius 1 is 0.905 bits per heavy atom. The molecular weight excluding hydrogens is 573 g/mol. The van der Waals surface area contributed by atoms with Crippen molar-refractivity contribution in [1.29, 1.82) is 0 Å². The summed E-state index contributed by atoms with van der Waals surface area (Å²) < 4.78 is 44.9. The molecule has 42 heavy (non-hydrogen) atoms. The van der Waals surface area contributed by atoms with Gasteiger partial charge in [0.1, 0.15) is 17.2 Å². The van der Waals surface area contributed by atoms with E-state index in [-0.39, 0.29) is 11.4 Å². The topological polar surface area (TPSA) is 108 Å². The Labute approximate surface area is 244 Å². The second-order valence-corrected chi connectivity index (χ2v) is 9.37. The van der Waals surface area contributed by atoms with Gasteiger partial charge >= 0.3 is 12.2 Å². The van der Waals surface area contributed by atoms with Gasteiger partial charge in [0.05, 0.1) is 16.8 Å². The lowest BCUT2D eigenvalue weighted by atomic mass is 10.2. The summed E-state index contributed by atoms with van der Waals surface area (Å²) in [5, 5.41) is 8.35. The number of nitrogens with zero attached hydrogens (tertiary/aromatic N) is 3. The maximum atomic E-state index is 13.1. The number of anilines is 3. The maximum absolute atomic E-state index is 13.1. The van der Waals surface area contributed by atoms with Crippen LogP contribution in [0.4, 0.5) is 35.0 Å². The number of halogens is 4. The summed E-state index contributed by atoms with van der Waals surface area (Å²) in [5.41, 5.74) is 3.57. The van der Waals surface area contributed by atoms with Gasteiger partial charge in [-0.2, -0.15) is 18.3 Å². The van der Waals surface area contributed by atoms with Gasteiger partial charge < -0.3 is 20.3 Å². The van der Waals surface area contributed by atoms with Crippen LogP contribution in [-0.2, 0) is 6.18 Å². The van der Waals surface area contributed by atoms with Gasteiger partial charge in [-0.1, -0.05) is 23.7 Å². The molecule has 0 unspecified atom stereocenters. The Morgan fingerprint density at radius 3 is 2.24 bits per heavy atom. The number of urea groups is 1. The first-order chi connectivity index (χ1) is 20.0. The van der Waals surface area contributed by atoms with Crippen LogP contribution in [0.3, 0.4) is 0 Å². The van der Waals surface area contributed by atoms with E-state index in [1.54, 1.807) is 18.2 Å². The fraction of sp³-hybridized carbons (Fsp3) is 0.103. The van der Waals surface area contributed by atoms with Gasteiger partial charge in [0.15, 0.2) is 0 Å². The maximum Gasteiger partial charge on any atom is 0.417 e. The largest absolute Gasteiger partial charge is 0.457 e. The van der Waals surface area contributed by atoms with Crippen LogP contribution in [-0.4, -0.2) is 37.2 Å². The molecule has 0 radical (unpaired) electrons. The summed E-state index contributed by atoms with van der Waals surface area (Å²) in [4.78, 5) is 30.8. The minimum Gasteiger partial charge on any atom is -0.457 e. The molecule has 0 saturated carbocycles. The third kappa shape index (κ3) is 8.21. The van der Waals surface area contributed by atoms with E-state index >= 15 is 0 Å². The lowest BCUT2D eigenvalue weighted by Crippen LogP contribution is -2.19. The second-order valence-electron chi connectivity index (χ2n) is 8.96. The molecule has 1 aromatic heterocycles. The third-order valence-corrected chi connectivity index (χ3v) is 5.96. The van der Waals surface area contributed by atoms with Crippen molar-refractivity contribution in [3.63, 3.8) is 0 Å². The van der Waals surface area contributed by atoms with Crippen molar-refractivity contribution in [3.8, 4) is 11.5 Å². The number of ether oxygens (including phenoxy) is 1. The minimum atomic E-state index is -4.66. The lowest BCUT2D eigenvalue weighted by Gasteiger charge is -2.12. The Bertz CT molecular complexity index is 1590. The molecule has 3 amide bonds. The molecule has 216 valence electrons. The standard InChI is InChI=1S/C29H24ClF3N6O3/c1-39(2)21-8-3-18(4-9-21)17-35-38-27(40)26-16-23(13-14-34-26)42-22-10-5-19(6-11-22)36-28(41)37-20-7-12-25(30)24(15-20)29(31,32)33/h3-17H,1-2H3,(H,38,40)(H2,36,37,41)/b35-17+. The van der Waals surface area contributed by atoms with Crippen LogP contribution in [0.15, 0.2) is 90.2 Å². The van der Waals surface area contributed by atoms with Crippen LogP contribution in [0.1, 0.15) is 21.6 Å². The molecule has 13 heteroatoms. The van der Waals surface area contributed by atoms with E-state index in [1.807, 2.05) is 43.3 Å². The predicted molar refractivity (Wildman–Crippen MR) is 156 cm³/mol. The molecule has 0 saturated heterocycles. The molecule has 0 atom stereocenters. The Morgan fingerprint density at radius 2 is 1.57 bits per heavy atom. The number of carbonyl (C=O) groups excluding carboxylic acids is 2. The summed E-state index contributed by atoms with van der Waals surface area (Å²) >= 11 is 5.61. The Kier molecular flexibility index (Phi) is 9.28. The van der Waals surface area contributed by atoms with Gasteiger partial charge in [0.25, 0.3) is 5.91 Å². The van der Waals surface area contributed by atoms with Crippen molar-refractivity contribution in [1.82, 2.24) is 10.4 Å². The fourth-order valence-corrected chi connectivity index (χ4v) is 3.76. The molecule has 1 heterocycles. The highest BCUT2D eigenvalue weighted by Crippen LogP contribution is 2.36. The predicted octanol–water partition coefficient (Wildman–Crippen LogP) is 7.02. The van der Waals surface area contributed by atoms with E-state index in [9.17, 15) is 22.8 Å². The molecule has 4 aromatic rings. The number of pyridine rings is 1. The Hall–Kier alpha value is -5.10. The van der Waals surface area contributed by atoms with Crippen LogP contribution >= 0.6 is 11.6 Å². The molecule has 0 spiro atoms. The zero-order valence-corrected chi connectivity index (χ0v) is 23.0. The number of hydrogen-bond acceptors (Lipinski definition) is 6. The van der Waals surface area contributed by atoms with Crippen molar-refractivity contribution >= 4 is 46.8 Å². The number of benzene rings is 3. The quantitative estimate of drug-likeness (QED) is 0.150. The zero-order valence-electron chi connectivity index (χ0n) is 22.2. The van der Waals surface area contributed by atoms with Gasteiger partial charge in [-0.3, -0.25) is 9.78 Å². The monoisotopic (exact) mass is 596 g/mol. The van der Waals surface area contributed by atoms with Crippen molar-refractivity contribution in [2.24, 2.45) is 5.10 Å². The first-order valence-corrected chi connectivity index (χ1v) is 12.7. The van der Waals surface area contributed by atoms with Crippen molar-refractivity contribution < 1.29 is 27.5 Å². The summed E-state index contributed by atoms with van der Waals surface area (Å²) in [6, 6.07) is 19.1. The number of rotatable bonds is 8. The van der Waals surface area contributed by atoms with Crippen LogP contribution in [0.2, 0.25) is 5.02 Å². The molecule has 0 fully saturated rings.